The fourth-order valence-electron chi connectivity index (χ4n) is 4.81. The van der Waals surface area contributed by atoms with E-state index in [1.54, 1.807) is 12.1 Å². The quantitative estimate of drug-likeness (QED) is 0.394. The van der Waals surface area contributed by atoms with Crippen LogP contribution in [0.3, 0.4) is 0 Å². The fraction of sp³-hybridized carbons (Fsp3) is 0.600. The molecular weight excluding hydrogens is 373 g/mol. The molecule has 1 saturated carbocycles. The number of hydrogen-bond donors (Lipinski definition) is 0. The summed E-state index contributed by atoms with van der Waals surface area (Å²) < 4.78 is 40.8. The van der Waals surface area contributed by atoms with E-state index >= 15 is 0 Å². The summed E-state index contributed by atoms with van der Waals surface area (Å²) in [6.45, 7) is 2.26. The number of unbranched alkanes of at least 4 members (excludes halogenated alkanes) is 3. The molecular formula is C25H33F3O. The predicted molar refractivity (Wildman–Crippen MR) is 113 cm³/mol. The molecule has 1 aromatic carbocycles. The molecule has 0 heterocycles. The van der Waals surface area contributed by atoms with Crippen LogP contribution in [0.25, 0.3) is 5.57 Å². The van der Waals surface area contributed by atoms with Gasteiger partial charge in [0, 0.05) is 0 Å². The lowest BCUT2D eigenvalue weighted by Gasteiger charge is -2.33. The topological polar surface area (TPSA) is 9.23 Å². The Kier molecular flexibility index (Phi) is 7.85. The molecule has 1 fully saturated rings. The molecule has 0 spiro atoms. The molecule has 0 bridgehead atoms. The van der Waals surface area contributed by atoms with Gasteiger partial charge in [-0.05, 0) is 60.3 Å². The van der Waals surface area contributed by atoms with Crippen molar-refractivity contribution in [2.75, 3.05) is 0 Å². The van der Waals surface area contributed by atoms with Gasteiger partial charge in [-0.2, -0.15) is 0 Å². The van der Waals surface area contributed by atoms with Gasteiger partial charge < -0.3 is 4.74 Å². The van der Waals surface area contributed by atoms with Crippen LogP contribution >= 0.6 is 0 Å². The molecule has 3 rings (SSSR count). The molecule has 0 N–H and O–H groups in total. The SMILES string of the molecule is CCCCCCC1CCC(C2C=CC(c3ccc(OC(F)(F)F)cc3)=CC2)CC1. The first-order valence-electron chi connectivity index (χ1n) is 11.2. The highest BCUT2D eigenvalue weighted by Crippen LogP contribution is 2.39. The number of hydrogen-bond acceptors (Lipinski definition) is 1. The zero-order chi connectivity index (χ0) is 20.7. The third-order valence-electron chi connectivity index (χ3n) is 6.52. The van der Waals surface area contributed by atoms with Crippen molar-refractivity contribution in [3.63, 3.8) is 0 Å². The average molecular weight is 407 g/mol. The van der Waals surface area contributed by atoms with E-state index in [-0.39, 0.29) is 5.75 Å². The second-order valence-corrected chi connectivity index (χ2v) is 8.62. The highest BCUT2D eigenvalue weighted by Gasteiger charge is 2.31. The first-order valence-corrected chi connectivity index (χ1v) is 11.2. The van der Waals surface area contributed by atoms with E-state index in [0.717, 1.165) is 29.4 Å². The Bertz CT molecular complexity index is 679. The Morgan fingerprint density at radius 3 is 2.28 bits per heavy atom. The molecule has 4 heteroatoms. The van der Waals surface area contributed by atoms with Crippen molar-refractivity contribution in [3.05, 3.63) is 48.1 Å². The maximum atomic E-state index is 12.3. The van der Waals surface area contributed by atoms with Gasteiger partial charge in [0.1, 0.15) is 5.75 Å². The first-order chi connectivity index (χ1) is 13.9. The van der Waals surface area contributed by atoms with Gasteiger partial charge in [0.2, 0.25) is 0 Å². The van der Waals surface area contributed by atoms with Crippen LogP contribution in [0.15, 0.2) is 42.5 Å². The normalized spacial score (nSPS) is 25.0. The van der Waals surface area contributed by atoms with E-state index in [9.17, 15) is 13.2 Å². The van der Waals surface area contributed by atoms with Crippen LogP contribution in [0.2, 0.25) is 0 Å². The van der Waals surface area contributed by atoms with Gasteiger partial charge in [0.25, 0.3) is 0 Å². The van der Waals surface area contributed by atoms with Crippen molar-refractivity contribution in [3.8, 4) is 5.75 Å². The first kappa shape index (κ1) is 22.0. The predicted octanol–water partition coefficient (Wildman–Crippen LogP) is 8.32. The molecule has 1 aromatic rings. The summed E-state index contributed by atoms with van der Waals surface area (Å²) in [7, 11) is 0. The van der Waals surface area contributed by atoms with E-state index in [0.29, 0.717) is 5.92 Å². The molecule has 1 unspecified atom stereocenters. The summed E-state index contributed by atoms with van der Waals surface area (Å²) in [5.74, 6) is 2.14. The minimum atomic E-state index is -4.65. The Labute approximate surface area is 173 Å². The van der Waals surface area contributed by atoms with Gasteiger partial charge in [0.05, 0.1) is 0 Å². The Morgan fingerprint density at radius 1 is 0.966 bits per heavy atom. The maximum absolute atomic E-state index is 12.3. The lowest BCUT2D eigenvalue weighted by atomic mass is 9.72. The number of halogens is 3. The molecule has 0 saturated heterocycles. The van der Waals surface area contributed by atoms with Gasteiger partial charge in [-0.1, -0.05) is 82.2 Å². The molecule has 0 radical (unpaired) electrons. The van der Waals surface area contributed by atoms with E-state index in [2.05, 4.69) is 29.9 Å². The zero-order valence-electron chi connectivity index (χ0n) is 17.4. The molecule has 29 heavy (non-hydrogen) atoms. The van der Waals surface area contributed by atoms with Crippen LogP contribution in [-0.4, -0.2) is 6.36 Å². The fourth-order valence-corrected chi connectivity index (χ4v) is 4.81. The smallest absolute Gasteiger partial charge is 0.406 e. The van der Waals surface area contributed by atoms with Gasteiger partial charge in [-0.3, -0.25) is 0 Å². The molecule has 0 amide bonds. The van der Waals surface area contributed by atoms with Crippen molar-refractivity contribution in [1.29, 1.82) is 0 Å². The summed E-state index contributed by atoms with van der Waals surface area (Å²) in [6.07, 6.45) is 15.4. The molecule has 2 aliphatic rings. The van der Waals surface area contributed by atoms with E-state index < -0.39 is 6.36 Å². The van der Waals surface area contributed by atoms with Crippen molar-refractivity contribution in [1.82, 2.24) is 0 Å². The van der Waals surface area contributed by atoms with Gasteiger partial charge in [-0.25, -0.2) is 0 Å². The summed E-state index contributed by atoms with van der Waals surface area (Å²) in [4.78, 5) is 0. The third-order valence-corrected chi connectivity index (χ3v) is 6.52. The second kappa shape index (κ2) is 10.4. The summed E-state index contributed by atoms with van der Waals surface area (Å²) in [5, 5.41) is 0. The molecule has 0 aliphatic heterocycles. The molecule has 160 valence electrons. The Hall–Kier alpha value is -1.71. The lowest BCUT2D eigenvalue weighted by molar-refractivity contribution is -0.274. The van der Waals surface area contributed by atoms with Crippen molar-refractivity contribution in [2.24, 2.45) is 17.8 Å². The molecule has 2 aliphatic carbocycles. The van der Waals surface area contributed by atoms with Crippen LogP contribution in [0.4, 0.5) is 13.2 Å². The molecule has 1 nitrogen and oxygen atoms in total. The number of benzene rings is 1. The number of ether oxygens (including phenoxy) is 1. The Morgan fingerprint density at radius 2 is 1.69 bits per heavy atom. The van der Waals surface area contributed by atoms with Crippen molar-refractivity contribution in [2.45, 2.75) is 77.5 Å². The summed E-state index contributed by atoms with van der Waals surface area (Å²) in [6, 6.07) is 6.15. The van der Waals surface area contributed by atoms with Crippen molar-refractivity contribution < 1.29 is 17.9 Å². The number of alkyl halides is 3. The summed E-state index contributed by atoms with van der Waals surface area (Å²) in [5.41, 5.74) is 2.02. The van der Waals surface area contributed by atoms with Crippen LogP contribution in [0.5, 0.6) is 5.75 Å². The zero-order valence-corrected chi connectivity index (χ0v) is 17.4. The van der Waals surface area contributed by atoms with E-state index in [1.165, 1.54) is 69.9 Å². The van der Waals surface area contributed by atoms with E-state index in [1.807, 2.05) is 0 Å². The summed E-state index contributed by atoms with van der Waals surface area (Å²) >= 11 is 0. The molecule has 0 aromatic heterocycles. The highest BCUT2D eigenvalue weighted by atomic mass is 19.4. The highest BCUT2D eigenvalue weighted by molar-refractivity contribution is 5.75. The number of allylic oxidation sites excluding steroid dienone is 4. The van der Waals surface area contributed by atoms with Gasteiger partial charge >= 0.3 is 6.36 Å². The minimum Gasteiger partial charge on any atom is -0.406 e. The third kappa shape index (κ3) is 6.94. The van der Waals surface area contributed by atoms with Crippen LogP contribution < -0.4 is 4.74 Å². The second-order valence-electron chi connectivity index (χ2n) is 8.62. The standard InChI is InChI=1S/C25H33F3O/c1-2-3-4-5-6-19-7-9-20(10-8-19)21-11-13-22(14-12-21)23-15-17-24(18-16-23)29-25(26,27)28/h11,13-21H,2-10,12H2,1H3. The maximum Gasteiger partial charge on any atom is 0.573 e. The van der Waals surface area contributed by atoms with Crippen LogP contribution in [0, 0.1) is 17.8 Å². The average Bonchev–Trinajstić information content (AvgIpc) is 2.71. The Balaban J connectivity index is 1.45. The van der Waals surface area contributed by atoms with Gasteiger partial charge in [0.15, 0.2) is 0 Å². The van der Waals surface area contributed by atoms with E-state index in [4.69, 9.17) is 0 Å². The lowest BCUT2D eigenvalue weighted by Crippen LogP contribution is -2.21. The largest absolute Gasteiger partial charge is 0.573 e. The number of rotatable bonds is 8. The van der Waals surface area contributed by atoms with Crippen molar-refractivity contribution >= 4 is 5.57 Å². The van der Waals surface area contributed by atoms with Crippen LogP contribution in [-0.2, 0) is 0 Å². The minimum absolute atomic E-state index is 0.175. The van der Waals surface area contributed by atoms with Crippen LogP contribution in [0.1, 0.15) is 76.7 Å². The monoisotopic (exact) mass is 406 g/mol. The van der Waals surface area contributed by atoms with Gasteiger partial charge in [-0.15, -0.1) is 13.2 Å². The molecule has 1 atom stereocenters.